The number of nitrogens with zero attached hydrogens (tertiary/aromatic N) is 1. The van der Waals surface area contributed by atoms with Crippen molar-refractivity contribution in [1.82, 2.24) is 10.2 Å². The quantitative estimate of drug-likeness (QED) is 0.794. The van der Waals surface area contributed by atoms with E-state index in [-0.39, 0.29) is 28.7 Å². The summed E-state index contributed by atoms with van der Waals surface area (Å²) in [4.78, 5) is 14.0. The summed E-state index contributed by atoms with van der Waals surface area (Å²) in [5.74, 6) is 0.758. The molecule has 0 aliphatic carbocycles. The highest BCUT2D eigenvalue weighted by Gasteiger charge is 2.28. The second kappa shape index (κ2) is 7.81. The molecule has 1 N–H and O–H groups in total. The molecule has 1 fully saturated rings. The molecule has 1 aliphatic rings. The van der Waals surface area contributed by atoms with Crippen molar-refractivity contribution in [3.8, 4) is 0 Å². The maximum Gasteiger partial charge on any atom is 0.230 e. The van der Waals surface area contributed by atoms with Gasteiger partial charge in [-0.15, -0.1) is 11.8 Å². The van der Waals surface area contributed by atoms with E-state index in [4.69, 9.17) is 0 Å². The number of thiophene rings is 1. The van der Waals surface area contributed by atoms with Crippen LogP contribution in [0.4, 0.5) is 0 Å². The number of amides is 1. The highest BCUT2D eigenvalue weighted by Crippen LogP contribution is 2.24. The Labute approximate surface area is 140 Å². The first-order chi connectivity index (χ1) is 10.4. The van der Waals surface area contributed by atoms with Gasteiger partial charge in [0.15, 0.2) is 9.84 Å². The minimum atomic E-state index is -2.87. The summed E-state index contributed by atoms with van der Waals surface area (Å²) >= 11 is 3.10. The second-order valence-electron chi connectivity index (χ2n) is 5.68. The summed E-state index contributed by atoms with van der Waals surface area (Å²) < 4.78 is 22.8. The Morgan fingerprint density at radius 3 is 2.86 bits per heavy atom. The highest BCUT2D eigenvalue weighted by atomic mass is 32.2. The van der Waals surface area contributed by atoms with Crippen molar-refractivity contribution < 1.29 is 13.2 Å². The first-order valence-corrected chi connectivity index (χ1v) is 11.0. The largest absolute Gasteiger partial charge is 0.353 e. The minimum absolute atomic E-state index is 0.0311. The molecule has 1 aliphatic heterocycles. The third-order valence-corrected chi connectivity index (χ3v) is 7.67. The van der Waals surface area contributed by atoms with Crippen molar-refractivity contribution >= 4 is 38.8 Å². The second-order valence-corrected chi connectivity index (χ2v) is 9.97. The molecule has 1 aromatic heterocycles. The van der Waals surface area contributed by atoms with Crippen LogP contribution in [0.3, 0.4) is 0 Å². The van der Waals surface area contributed by atoms with Crippen LogP contribution in [-0.4, -0.2) is 62.4 Å². The molecule has 0 unspecified atom stereocenters. The highest BCUT2D eigenvalue weighted by molar-refractivity contribution is 8.02. The van der Waals surface area contributed by atoms with Gasteiger partial charge in [-0.2, -0.15) is 11.3 Å². The zero-order valence-corrected chi connectivity index (χ0v) is 15.3. The molecule has 8 heteroatoms. The number of nitrogens with one attached hydrogen (secondary N) is 1. The lowest BCUT2D eigenvalue weighted by Gasteiger charge is -2.24. The molecular weight excluding hydrogens is 340 g/mol. The molecule has 1 aromatic rings. The van der Waals surface area contributed by atoms with Gasteiger partial charge in [-0.25, -0.2) is 8.42 Å². The number of carbonyl (C=O) groups is 1. The summed E-state index contributed by atoms with van der Waals surface area (Å²) in [5.41, 5.74) is 1.20. The Morgan fingerprint density at radius 1 is 1.55 bits per heavy atom. The number of carbonyl (C=O) groups excluding carboxylic acids is 1. The topological polar surface area (TPSA) is 66.5 Å². The monoisotopic (exact) mass is 362 g/mol. The number of likely N-dealkylation sites (N-methyl/N-ethyl adjacent to an activating group) is 1. The van der Waals surface area contributed by atoms with E-state index < -0.39 is 9.84 Å². The molecule has 1 amide bonds. The number of hydrogen-bond acceptors (Lipinski definition) is 6. The SMILES string of the molecule is CN(C)[C@@H](CNC(=O)CS[C@H]1CCS(=O)(=O)C1)c1ccsc1. The van der Waals surface area contributed by atoms with E-state index in [2.05, 4.69) is 21.7 Å². The lowest BCUT2D eigenvalue weighted by Crippen LogP contribution is -2.35. The predicted molar refractivity (Wildman–Crippen MR) is 93.3 cm³/mol. The van der Waals surface area contributed by atoms with Crippen molar-refractivity contribution in [2.45, 2.75) is 17.7 Å². The molecule has 5 nitrogen and oxygen atoms in total. The number of thioether (sulfide) groups is 1. The first-order valence-electron chi connectivity index (χ1n) is 7.14. The van der Waals surface area contributed by atoms with Crippen LogP contribution in [0.5, 0.6) is 0 Å². The van der Waals surface area contributed by atoms with Gasteiger partial charge in [0.1, 0.15) is 0 Å². The third-order valence-electron chi connectivity index (χ3n) is 3.68. The minimum Gasteiger partial charge on any atom is -0.353 e. The fourth-order valence-corrected chi connectivity index (χ4v) is 6.59. The standard InChI is InChI=1S/C14H22N2O3S3/c1-16(2)13(11-3-5-20-8-11)7-15-14(17)9-21-12-4-6-22(18,19)10-12/h3,5,8,12-13H,4,6-7,9-10H2,1-2H3,(H,15,17)/t12-,13-/m0/s1. The molecule has 1 saturated heterocycles. The number of sulfone groups is 1. The van der Waals surface area contributed by atoms with Crippen LogP contribution in [0.15, 0.2) is 16.8 Å². The van der Waals surface area contributed by atoms with Gasteiger partial charge in [-0.05, 0) is 42.9 Å². The van der Waals surface area contributed by atoms with Gasteiger partial charge in [0, 0.05) is 11.8 Å². The van der Waals surface area contributed by atoms with Crippen molar-refractivity contribution in [2.75, 3.05) is 37.9 Å². The maximum atomic E-state index is 12.0. The molecular formula is C14H22N2O3S3. The van der Waals surface area contributed by atoms with Crippen LogP contribution < -0.4 is 5.32 Å². The fourth-order valence-electron chi connectivity index (χ4n) is 2.41. The number of hydrogen-bond donors (Lipinski definition) is 1. The van der Waals surface area contributed by atoms with Crippen LogP contribution >= 0.6 is 23.1 Å². The molecule has 2 heterocycles. The van der Waals surface area contributed by atoms with Gasteiger partial charge < -0.3 is 10.2 Å². The molecule has 0 aromatic carbocycles. The lowest BCUT2D eigenvalue weighted by atomic mass is 10.1. The van der Waals surface area contributed by atoms with Crippen LogP contribution in [-0.2, 0) is 14.6 Å². The van der Waals surface area contributed by atoms with Gasteiger partial charge in [-0.3, -0.25) is 4.79 Å². The van der Waals surface area contributed by atoms with Gasteiger partial charge >= 0.3 is 0 Å². The number of rotatable bonds is 7. The van der Waals surface area contributed by atoms with Crippen molar-refractivity contribution in [3.05, 3.63) is 22.4 Å². The van der Waals surface area contributed by atoms with Crippen LogP contribution in [0.1, 0.15) is 18.0 Å². The Kier molecular flexibility index (Phi) is 6.31. The molecule has 124 valence electrons. The lowest BCUT2D eigenvalue weighted by molar-refractivity contribution is -0.118. The summed E-state index contributed by atoms with van der Waals surface area (Å²) in [6.07, 6.45) is 0.662. The zero-order chi connectivity index (χ0) is 16.2. The van der Waals surface area contributed by atoms with E-state index in [1.807, 2.05) is 19.5 Å². The Balaban J connectivity index is 1.75. The molecule has 22 heavy (non-hydrogen) atoms. The first kappa shape index (κ1) is 17.8. The average molecular weight is 363 g/mol. The maximum absolute atomic E-state index is 12.0. The Morgan fingerprint density at radius 2 is 2.32 bits per heavy atom. The van der Waals surface area contributed by atoms with Crippen LogP contribution in [0.2, 0.25) is 0 Å². The van der Waals surface area contributed by atoms with E-state index in [1.54, 1.807) is 11.3 Å². The summed E-state index contributed by atoms with van der Waals surface area (Å²) in [6.45, 7) is 0.562. The summed E-state index contributed by atoms with van der Waals surface area (Å²) in [6, 6.07) is 2.23. The van der Waals surface area contributed by atoms with Crippen molar-refractivity contribution in [3.63, 3.8) is 0 Å². The molecule has 0 spiro atoms. The van der Waals surface area contributed by atoms with Gasteiger partial charge in [0.05, 0.1) is 23.3 Å². The van der Waals surface area contributed by atoms with E-state index in [0.29, 0.717) is 18.7 Å². The zero-order valence-electron chi connectivity index (χ0n) is 12.8. The van der Waals surface area contributed by atoms with Gasteiger partial charge in [0.25, 0.3) is 0 Å². The molecule has 2 atom stereocenters. The van der Waals surface area contributed by atoms with E-state index in [1.165, 1.54) is 17.3 Å². The van der Waals surface area contributed by atoms with Crippen molar-refractivity contribution in [1.29, 1.82) is 0 Å². The smallest absolute Gasteiger partial charge is 0.230 e. The molecule has 0 radical (unpaired) electrons. The molecule has 0 saturated carbocycles. The third kappa shape index (κ3) is 5.26. The van der Waals surface area contributed by atoms with E-state index >= 15 is 0 Å². The van der Waals surface area contributed by atoms with Crippen LogP contribution in [0.25, 0.3) is 0 Å². The Bertz CT molecular complexity index is 584. The summed E-state index contributed by atoms with van der Waals surface area (Å²) in [7, 11) is 1.12. The average Bonchev–Trinajstić information content (AvgIpc) is 3.06. The molecule has 2 rings (SSSR count). The fraction of sp³-hybridized carbons (Fsp3) is 0.643. The molecule has 0 bridgehead atoms. The van der Waals surface area contributed by atoms with E-state index in [9.17, 15) is 13.2 Å². The van der Waals surface area contributed by atoms with Gasteiger partial charge in [-0.1, -0.05) is 0 Å². The van der Waals surface area contributed by atoms with Gasteiger partial charge in [0.2, 0.25) is 5.91 Å². The Hall–Kier alpha value is -0.570. The normalized spacial score (nSPS) is 21.9. The summed E-state index contributed by atoms with van der Waals surface area (Å²) in [5, 5.41) is 7.14. The van der Waals surface area contributed by atoms with E-state index in [0.717, 1.165) is 0 Å². The predicted octanol–water partition coefficient (Wildman–Crippen LogP) is 1.39. The van der Waals surface area contributed by atoms with Crippen LogP contribution in [0, 0.1) is 0 Å². The van der Waals surface area contributed by atoms with Crippen molar-refractivity contribution in [2.24, 2.45) is 0 Å².